The second kappa shape index (κ2) is 8.16. The zero-order valence-electron chi connectivity index (χ0n) is 12.2. The van der Waals surface area contributed by atoms with E-state index >= 15 is 0 Å². The third-order valence-electron chi connectivity index (χ3n) is 2.71. The zero-order chi connectivity index (χ0) is 17.5. The van der Waals surface area contributed by atoms with Gasteiger partial charge in [0, 0.05) is 11.8 Å². The van der Waals surface area contributed by atoms with Gasteiger partial charge in [-0.25, -0.2) is 13.6 Å². The van der Waals surface area contributed by atoms with Crippen molar-refractivity contribution in [2.45, 2.75) is 0 Å². The predicted octanol–water partition coefficient (Wildman–Crippen LogP) is 1.94. The highest BCUT2D eigenvalue weighted by atomic mass is 32.1. The number of ether oxygens (including phenoxy) is 1. The Hall–Kier alpha value is -2.81. The molecule has 1 aromatic carbocycles. The van der Waals surface area contributed by atoms with Crippen LogP contribution in [0.5, 0.6) is 0 Å². The predicted molar refractivity (Wildman–Crippen MR) is 82.6 cm³/mol. The standard InChI is InChI=1S/C15H12F2N2O4S/c16-10-4-3-9(6-11(10)17)19-13(20)7-18-14(21)8-23-15(22)12-2-1-5-24-12/h1-6H,7-8H2,(H,18,21)(H,19,20). The summed E-state index contributed by atoms with van der Waals surface area (Å²) in [5.41, 5.74) is 0.0530. The molecule has 0 aliphatic heterocycles. The van der Waals surface area contributed by atoms with Crippen LogP contribution < -0.4 is 10.6 Å². The minimum atomic E-state index is -1.10. The van der Waals surface area contributed by atoms with Crippen LogP contribution in [0.2, 0.25) is 0 Å². The fraction of sp³-hybridized carbons (Fsp3) is 0.133. The molecule has 1 heterocycles. The molecule has 0 aliphatic carbocycles. The van der Waals surface area contributed by atoms with E-state index in [0.29, 0.717) is 4.88 Å². The summed E-state index contributed by atoms with van der Waals surface area (Å²) in [6.07, 6.45) is 0. The first-order valence-corrected chi connectivity index (χ1v) is 7.56. The number of nitrogens with one attached hydrogen (secondary N) is 2. The van der Waals surface area contributed by atoms with Crippen LogP contribution in [0.3, 0.4) is 0 Å². The minimum absolute atomic E-state index is 0.0530. The van der Waals surface area contributed by atoms with Gasteiger partial charge in [0.1, 0.15) is 4.88 Å². The number of thiophene rings is 1. The van der Waals surface area contributed by atoms with Crippen LogP contribution in [0.25, 0.3) is 0 Å². The van der Waals surface area contributed by atoms with Crippen LogP contribution in [0.4, 0.5) is 14.5 Å². The molecule has 2 amide bonds. The molecular formula is C15H12F2N2O4S. The van der Waals surface area contributed by atoms with E-state index in [2.05, 4.69) is 10.6 Å². The first-order valence-electron chi connectivity index (χ1n) is 6.68. The number of anilines is 1. The molecule has 0 fully saturated rings. The van der Waals surface area contributed by atoms with E-state index in [1.165, 1.54) is 17.4 Å². The summed E-state index contributed by atoms with van der Waals surface area (Å²) in [7, 11) is 0. The Labute approximate surface area is 139 Å². The fourth-order valence-corrected chi connectivity index (χ4v) is 2.22. The number of rotatable bonds is 6. The zero-order valence-corrected chi connectivity index (χ0v) is 13.0. The van der Waals surface area contributed by atoms with Crippen LogP contribution in [0.1, 0.15) is 9.67 Å². The topological polar surface area (TPSA) is 84.5 Å². The number of benzene rings is 1. The quantitative estimate of drug-likeness (QED) is 0.777. The van der Waals surface area contributed by atoms with E-state index in [1.54, 1.807) is 17.5 Å². The van der Waals surface area contributed by atoms with E-state index in [1.807, 2.05) is 0 Å². The fourth-order valence-electron chi connectivity index (χ4n) is 1.61. The number of hydrogen-bond acceptors (Lipinski definition) is 5. The Bertz CT molecular complexity index is 750. The minimum Gasteiger partial charge on any atom is -0.451 e. The molecular weight excluding hydrogens is 342 g/mol. The highest BCUT2D eigenvalue weighted by Crippen LogP contribution is 2.12. The third kappa shape index (κ3) is 5.13. The lowest BCUT2D eigenvalue weighted by Crippen LogP contribution is -2.35. The summed E-state index contributed by atoms with van der Waals surface area (Å²) in [6.45, 7) is -0.941. The average molecular weight is 354 g/mol. The normalized spacial score (nSPS) is 10.1. The Morgan fingerprint density at radius 1 is 1.08 bits per heavy atom. The van der Waals surface area contributed by atoms with Gasteiger partial charge in [-0.05, 0) is 23.6 Å². The third-order valence-corrected chi connectivity index (χ3v) is 3.56. The van der Waals surface area contributed by atoms with Gasteiger partial charge in [0.2, 0.25) is 5.91 Å². The maximum atomic E-state index is 13.0. The molecule has 2 rings (SSSR count). The second-order valence-electron chi connectivity index (χ2n) is 4.51. The van der Waals surface area contributed by atoms with Crippen LogP contribution >= 0.6 is 11.3 Å². The van der Waals surface area contributed by atoms with Crippen LogP contribution in [-0.2, 0) is 14.3 Å². The summed E-state index contributed by atoms with van der Waals surface area (Å²) in [6, 6.07) is 6.09. The van der Waals surface area contributed by atoms with Crippen molar-refractivity contribution >= 4 is 34.8 Å². The number of esters is 1. The molecule has 0 spiro atoms. The molecule has 9 heteroatoms. The molecule has 0 radical (unpaired) electrons. The van der Waals surface area contributed by atoms with E-state index in [0.717, 1.165) is 12.1 Å². The Morgan fingerprint density at radius 3 is 2.54 bits per heavy atom. The van der Waals surface area contributed by atoms with Crippen molar-refractivity contribution in [1.82, 2.24) is 5.32 Å². The van der Waals surface area contributed by atoms with Crippen LogP contribution in [-0.4, -0.2) is 30.9 Å². The molecule has 2 N–H and O–H groups in total. The highest BCUT2D eigenvalue weighted by molar-refractivity contribution is 7.11. The monoisotopic (exact) mass is 354 g/mol. The number of carbonyl (C=O) groups is 3. The molecule has 0 bridgehead atoms. The summed E-state index contributed by atoms with van der Waals surface area (Å²) in [5, 5.41) is 6.22. The molecule has 0 saturated heterocycles. The smallest absolute Gasteiger partial charge is 0.348 e. The van der Waals surface area contributed by atoms with Gasteiger partial charge in [-0.2, -0.15) is 0 Å². The van der Waals surface area contributed by atoms with Gasteiger partial charge in [0.15, 0.2) is 18.2 Å². The van der Waals surface area contributed by atoms with Gasteiger partial charge in [-0.3, -0.25) is 9.59 Å². The molecule has 0 unspecified atom stereocenters. The van der Waals surface area contributed by atoms with Crippen molar-refractivity contribution in [2.75, 3.05) is 18.5 Å². The molecule has 0 atom stereocenters. The molecule has 1 aromatic heterocycles. The van der Waals surface area contributed by atoms with Gasteiger partial charge in [-0.1, -0.05) is 6.07 Å². The van der Waals surface area contributed by atoms with Crippen molar-refractivity contribution in [2.24, 2.45) is 0 Å². The Morgan fingerprint density at radius 2 is 1.88 bits per heavy atom. The van der Waals surface area contributed by atoms with Crippen molar-refractivity contribution < 1.29 is 27.9 Å². The average Bonchev–Trinajstić information content (AvgIpc) is 3.08. The van der Waals surface area contributed by atoms with E-state index < -0.39 is 42.6 Å². The number of carbonyl (C=O) groups excluding carboxylic acids is 3. The summed E-state index contributed by atoms with van der Waals surface area (Å²) in [5.74, 6) is -4.07. The maximum Gasteiger partial charge on any atom is 0.348 e. The van der Waals surface area contributed by atoms with E-state index in [9.17, 15) is 23.2 Å². The van der Waals surface area contributed by atoms with Gasteiger partial charge in [0.25, 0.3) is 5.91 Å². The molecule has 0 saturated carbocycles. The van der Waals surface area contributed by atoms with Crippen LogP contribution in [0, 0.1) is 11.6 Å². The molecule has 0 aliphatic rings. The Balaban J connectivity index is 1.72. The first-order chi connectivity index (χ1) is 11.5. The molecule has 6 nitrogen and oxygen atoms in total. The number of hydrogen-bond donors (Lipinski definition) is 2. The van der Waals surface area contributed by atoms with E-state index in [4.69, 9.17) is 4.74 Å². The summed E-state index contributed by atoms with van der Waals surface area (Å²) in [4.78, 5) is 35.0. The lowest BCUT2D eigenvalue weighted by atomic mass is 10.3. The second-order valence-corrected chi connectivity index (χ2v) is 5.45. The van der Waals surface area contributed by atoms with Gasteiger partial charge in [0.05, 0.1) is 6.54 Å². The van der Waals surface area contributed by atoms with Crippen molar-refractivity contribution in [3.8, 4) is 0 Å². The SMILES string of the molecule is O=C(COC(=O)c1cccs1)NCC(=O)Nc1ccc(F)c(F)c1. The summed E-state index contributed by atoms with van der Waals surface area (Å²) >= 11 is 1.18. The van der Waals surface area contributed by atoms with Gasteiger partial charge < -0.3 is 15.4 Å². The van der Waals surface area contributed by atoms with Crippen molar-refractivity contribution in [3.05, 3.63) is 52.2 Å². The molecule has 24 heavy (non-hydrogen) atoms. The van der Waals surface area contributed by atoms with Gasteiger partial charge in [-0.15, -0.1) is 11.3 Å². The van der Waals surface area contributed by atoms with Crippen LogP contribution in [0.15, 0.2) is 35.7 Å². The lowest BCUT2D eigenvalue weighted by Gasteiger charge is -2.07. The Kier molecular flexibility index (Phi) is 5.96. The van der Waals surface area contributed by atoms with E-state index in [-0.39, 0.29) is 5.69 Å². The number of halogens is 2. The lowest BCUT2D eigenvalue weighted by molar-refractivity contribution is -0.126. The first kappa shape index (κ1) is 17.5. The molecule has 126 valence electrons. The van der Waals surface area contributed by atoms with Crippen molar-refractivity contribution in [1.29, 1.82) is 0 Å². The highest BCUT2D eigenvalue weighted by Gasteiger charge is 2.12. The summed E-state index contributed by atoms with van der Waals surface area (Å²) < 4.78 is 30.5. The number of amides is 2. The van der Waals surface area contributed by atoms with Crippen molar-refractivity contribution in [3.63, 3.8) is 0 Å². The molecule has 2 aromatic rings. The maximum absolute atomic E-state index is 13.0. The van der Waals surface area contributed by atoms with Gasteiger partial charge >= 0.3 is 5.97 Å². The largest absolute Gasteiger partial charge is 0.451 e.